The second-order valence-electron chi connectivity index (χ2n) is 4.24. The summed E-state index contributed by atoms with van der Waals surface area (Å²) in [5.41, 5.74) is 6.58. The van der Waals surface area contributed by atoms with Gasteiger partial charge in [-0.2, -0.15) is 0 Å². The molecule has 0 bridgehead atoms. The van der Waals surface area contributed by atoms with Gasteiger partial charge < -0.3 is 16.0 Å². The summed E-state index contributed by atoms with van der Waals surface area (Å²) < 4.78 is 0. The van der Waals surface area contributed by atoms with E-state index in [2.05, 4.69) is 22.3 Å². The van der Waals surface area contributed by atoms with Crippen molar-refractivity contribution in [1.82, 2.24) is 10.2 Å². The van der Waals surface area contributed by atoms with Gasteiger partial charge in [-0.1, -0.05) is 30.3 Å². The molecule has 1 unspecified atom stereocenters. The first-order chi connectivity index (χ1) is 8.13. The first-order valence-electron chi connectivity index (χ1n) is 5.82. The number of benzene rings is 1. The molecule has 0 saturated heterocycles. The minimum Gasteiger partial charge on any atom is -0.368 e. The Morgan fingerprint density at radius 3 is 2.59 bits per heavy atom. The minimum absolute atomic E-state index is 0.282. The van der Waals surface area contributed by atoms with Crippen LogP contribution in [0.4, 0.5) is 0 Å². The van der Waals surface area contributed by atoms with Gasteiger partial charge in [0.1, 0.15) is 0 Å². The van der Waals surface area contributed by atoms with Crippen LogP contribution in [0.3, 0.4) is 0 Å². The van der Waals surface area contributed by atoms with Crippen LogP contribution in [0.2, 0.25) is 0 Å². The van der Waals surface area contributed by atoms with Gasteiger partial charge in [-0.3, -0.25) is 4.79 Å². The van der Waals surface area contributed by atoms with Crippen LogP contribution in [-0.4, -0.2) is 44.0 Å². The van der Waals surface area contributed by atoms with E-state index in [0.29, 0.717) is 6.54 Å². The largest absolute Gasteiger partial charge is 0.368 e. The number of rotatable bonds is 7. The van der Waals surface area contributed by atoms with Crippen molar-refractivity contribution in [3.05, 3.63) is 35.9 Å². The smallest absolute Gasteiger partial charge is 0.235 e. The average molecular weight is 235 g/mol. The maximum Gasteiger partial charge on any atom is 0.235 e. The quantitative estimate of drug-likeness (QED) is 0.711. The zero-order valence-electron chi connectivity index (χ0n) is 10.5. The van der Waals surface area contributed by atoms with Crippen LogP contribution in [0.15, 0.2) is 30.3 Å². The van der Waals surface area contributed by atoms with E-state index in [-0.39, 0.29) is 11.9 Å². The van der Waals surface area contributed by atoms with Crippen LogP contribution in [-0.2, 0) is 11.2 Å². The minimum atomic E-state index is -0.306. The molecule has 0 aromatic heterocycles. The molecule has 0 aliphatic rings. The molecule has 4 heteroatoms. The highest BCUT2D eigenvalue weighted by Gasteiger charge is 2.14. The summed E-state index contributed by atoms with van der Waals surface area (Å²) in [4.78, 5) is 13.2. The van der Waals surface area contributed by atoms with Gasteiger partial charge in [-0.15, -0.1) is 0 Å². The van der Waals surface area contributed by atoms with Crippen molar-refractivity contribution < 1.29 is 4.79 Å². The van der Waals surface area contributed by atoms with Crippen molar-refractivity contribution in [3.63, 3.8) is 0 Å². The Kier molecular flexibility index (Phi) is 5.66. The SMILES string of the molecule is CNC(CN(C)CCc1ccccc1)C(N)=O. The highest BCUT2D eigenvalue weighted by Crippen LogP contribution is 2.00. The van der Waals surface area contributed by atoms with Crippen molar-refractivity contribution in [1.29, 1.82) is 0 Å². The molecule has 0 heterocycles. The number of carbonyl (C=O) groups excluding carboxylic acids is 1. The number of carbonyl (C=O) groups is 1. The van der Waals surface area contributed by atoms with Gasteiger partial charge in [0, 0.05) is 13.1 Å². The Labute approximate surface area is 103 Å². The average Bonchev–Trinajstić information content (AvgIpc) is 2.34. The van der Waals surface area contributed by atoms with Crippen LogP contribution in [0.5, 0.6) is 0 Å². The zero-order chi connectivity index (χ0) is 12.7. The van der Waals surface area contributed by atoms with Gasteiger partial charge in [0.25, 0.3) is 0 Å². The Morgan fingerprint density at radius 1 is 1.41 bits per heavy atom. The molecule has 1 aromatic carbocycles. The van der Waals surface area contributed by atoms with Gasteiger partial charge in [0.05, 0.1) is 6.04 Å². The molecule has 3 N–H and O–H groups in total. The lowest BCUT2D eigenvalue weighted by atomic mass is 10.1. The summed E-state index contributed by atoms with van der Waals surface area (Å²) in [5, 5.41) is 2.91. The van der Waals surface area contributed by atoms with E-state index in [1.165, 1.54) is 5.56 Å². The molecule has 1 aromatic rings. The Hall–Kier alpha value is -1.39. The number of amides is 1. The topological polar surface area (TPSA) is 58.4 Å². The Bertz CT molecular complexity index is 340. The molecule has 0 saturated carbocycles. The highest BCUT2D eigenvalue weighted by atomic mass is 16.1. The standard InChI is InChI=1S/C13H21N3O/c1-15-12(13(14)17)10-16(2)9-8-11-6-4-3-5-7-11/h3-7,12,15H,8-10H2,1-2H3,(H2,14,17). The fourth-order valence-corrected chi connectivity index (χ4v) is 1.69. The van der Waals surface area contributed by atoms with E-state index in [1.54, 1.807) is 7.05 Å². The fourth-order valence-electron chi connectivity index (χ4n) is 1.69. The summed E-state index contributed by atoms with van der Waals surface area (Å²) >= 11 is 0. The summed E-state index contributed by atoms with van der Waals surface area (Å²) in [6, 6.07) is 10.0. The van der Waals surface area contributed by atoms with Gasteiger partial charge in [-0.25, -0.2) is 0 Å². The predicted molar refractivity (Wildman–Crippen MR) is 69.7 cm³/mol. The second kappa shape index (κ2) is 7.04. The van der Waals surface area contributed by atoms with Crippen molar-refractivity contribution in [2.24, 2.45) is 5.73 Å². The molecular formula is C13H21N3O. The van der Waals surface area contributed by atoms with Gasteiger partial charge >= 0.3 is 0 Å². The van der Waals surface area contributed by atoms with Gasteiger partial charge in [0.15, 0.2) is 0 Å². The summed E-state index contributed by atoms with van der Waals surface area (Å²) in [6.45, 7) is 1.55. The van der Waals surface area contributed by atoms with Crippen molar-refractivity contribution >= 4 is 5.91 Å². The summed E-state index contributed by atoms with van der Waals surface area (Å²) in [6.07, 6.45) is 0.979. The normalized spacial score (nSPS) is 12.6. The molecule has 1 rings (SSSR count). The lowest BCUT2D eigenvalue weighted by Crippen LogP contribution is -2.47. The molecule has 17 heavy (non-hydrogen) atoms. The van der Waals surface area contributed by atoms with Crippen LogP contribution >= 0.6 is 0 Å². The molecule has 4 nitrogen and oxygen atoms in total. The predicted octanol–water partition coefficient (Wildman–Crippen LogP) is 0.234. The van der Waals surface area contributed by atoms with E-state index in [0.717, 1.165) is 13.0 Å². The highest BCUT2D eigenvalue weighted by molar-refractivity contribution is 5.80. The maximum absolute atomic E-state index is 11.1. The molecule has 0 aliphatic heterocycles. The Morgan fingerprint density at radius 2 is 2.06 bits per heavy atom. The van der Waals surface area contributed by atoms with Gasteiger partial charge in [-0.05, 0) is 26.1 Å². The number of hydrogen-bond acceptors (Lipinski definition) is 3. The molecule has 0 spiro atoms. The molecule has 0 fully saturated rings. The van der Waals surface area contributed by atoms with E-state index in [4.69, 9.17) is 5.73 Å². The molecule has 0 aliphatic carbocycles. The number of likely N-dealkylation sites (N-methyl/N-ethyl adjacent to an activating group) is 2. The third kappa shape index (κ3) is 4.97. The first-order valence-corrected chi connectivity index (χ1v) is 5.82. The van der Waals surface area contributed by atoms with E-state index in [1.807, 2.05) is 25.2 Å². The fraction of sp³-hybridized carbons (Fsp3) is 0.462. The molecule has 0 radical (unpaired) electrons. The monoisotopic (exact) mass is 235 g/mol. The van der Waals surface area contributed by atoms with Crippen LogP contribution in [0.25, 0.3) is 0 Å². The van der Waals surface area contributed by atoms with Crippen molar-refractivity contribution in [2.45, 2.75) is 12.5 Å². The number of primary amides is 1. The zero-order valence-corrected chi connectivity index (χ0v) is 10.5. The third-order valence-corrected chi connectivity index (χ3v) is 2.81. The van der Waals surface area contributed by atoms with Crippen molar-refractivity contribution in [2.75, 3.05) is 27.2 Å². The first kappa shape index (κ1) is 13.7. The second-order valence-corrected chi connectivity index (χ2v) is 4.24. The Balaban J connectivity index is 2.34. The van der Waals surface area contributed by atoms with E-state index in [9.17, 15) is 4.79 Å². The van der Waals surface area contributed by atoms with Crippen LogP contribution < -0.4 is 11.1 Å². The lowest BCUT2D eigenvalue weighted by molar-refractivity contribution is -0.120. The molecule has 1 atom stereocenters. The van der Waals surface area contributed by atoms with E-state index < -0.39 is 0 Å². The van der Waals surface area contributed by atoms with Crippen LogP contribution in [0, 0.1) is 0 Å². The molecule has 1 amide bonds. The van der Waals surface area contributed by atoms with Gasteiger partial charge in [0.2, 0.25) is 5.91 Å². The summed E-state index contributed by atoms with van der Waals surface area (Å²) in [7, 11) is 3.75. The number of nitrogens with zero attached hydrogens (tertiary/aromatic N) is 1. The van der Waals surface area contributed by atoms with Crippen molar-refractivity contribution in [3.8, 4) is 0 Å². The summed E-state index contributed by atoms with van der Waals surface area (Å²) in [5.74, 6) is -0.306. The third-order valence-electron chi connectivity index (χ3n) is 2.81. The lowest BCUT2D eigenvalue weighted by Gasteiger charge is -2.21. The molecule has 94 valence electrons. The molecular weight excluding hydrogens is 214 g/mol. The van der Waals surface area contributed by atoms with Crippen LogP contribution in [0.1, 0.15) is 5.56 Å². The van der Waals surface area contributed by atoms with E-state index >= 15 is 0 Å². The number of nitrogens with two attached hydrogens (primary N) is 1. The number of nitrogens with one attached hydrogen (secondary N) is 1. The number of hydrogen-bond donors (Lipinski definition) is 2. The maximum atomic E-state index is 11.1.